The van der Waals surface area contributed by atoms with Crippen LogP contribution in [0.4, 0.5) is 8.78 Å². The number of nitrogens with one attached hydrogen (secondary N) is 1. The molecule has 3 nitrogen and oxygen atoms in total. The minimum absolute atomic E-state index is 0.755. The van der Waals surface area contributed by atoms with Gasteiger partial charge in [0.25, 0.3) is 0 Å². The summed E-state index contributed by atoms with van der Waals surface area (Å²) in [5.74, 6) is -6.34. The van der Waals surface area contributed by atoms with Crippen LogP contribution in [0.1, 0.15) is 0 Å². The summed E-state index contributed by atoms with van der Waals surface area (Å²) in [6.07, 6.45) is 2.96. The first-order chi connectivity index (χ1) is 5.07. The summed E-state index contributed by atoms with van der Waals surface area (Å²) < 4.78 is 25.4. The van der Waals surface area contributed by atoms with E-state index in [1.165, 1.54) is 6.08 Å². The number of carbonyl (C=O) groups is 1. The molecule has 1 rings (SSSR count). The molecule has 0 spiro atoms. The van der Waals surface area contributed by atoms with Gasteiger partial charge in [-0.05, 0) is 12.2 Å². The molecule has 60 valence electrons. The number of dihydropyridines is 1. The number of rotatable bonds is 1. The third kappa shape index (κ3) is 1.09. The number of halogens is 2. The highest BCUT2D eigenvalue weighted by molar-refractivity contribution is 5.81. The van der Waals surface area contributed by atoms with E-state index in [-0.39, 0.29) is 0 Å². The van der Waals surface area contributed by atoms with Crippen molar-refractivity contribution in [2.24, 2.45) is 0 Å². The molecule has 0 saturated carbocycles. The second-order valence-corrected chi connectivity index (χ2v) is 1.98. The van der Waals surface area contributed by atoms with Gasteiger partial charge in [0.15, 0.2) is 5.83 Å². The van der Waals surface area contributed by atoms with Gasteiger partial charge in [-0.1, -0.05) is 0 Å². The topological polar surface area (TPSA) is 49.3 Å². The molecule has 0 fully saturated rings. The predicted molar refractivity (Wildman–Crippen MR) is 32.9 cm³/mol. The summed E-state index contributed by atoms with van der Waals surface area (Å²) in [4.78, 5) is 10.1. The number of hydrogen-bond acceptors (Lipinski definition) is 2. The van der Waals surface area contributed by atoms with E-state index in [1.807, 2.05) is 0 Å². The Morgan fingerprint density at radius 2 is 2.36 bits per heavy atom. The zero-order chi connectivity index (χ0) is 8.48. The fourth-order valence-electron chi connectivity index (χ4n) is 0.643. The molecule has 0 aromatic rings. The highest BCUT2D eigenvalue weighted by atomic mass is 19.2. The van der Waals surface area contributed by atoms with Crippen molar-refractivity contribution in [3.05, 3.63) is 24.2 Å². The number of alkyl halides is 1. The van der Waals surface area contributed by atoms with Crippen molar-refractivity contribution in [3.63, 3.8) is 0 Å². The first-order valence-corrected chi connectivity index (χ1v) is 2.80. The lowest BCUT2D eigenvalue weighted by Gasteiger charge is -2.20. The van der Waals surface area contributed by atoms with Crippen molar-refractivity contribution in [1.29, 1.82) is 0 Å². The molecule has 0 amide bonds. The van der Waals surface area contributed by atoms with Crippen LogP contribution in [-0.2, 0) is 4.79 Å². The maximum absolute atomic E-state index is 12.9. The lowest BCUT2D eigenvalue weighted by Crippen LogP contribution is -2.47. The normalized spacial score (nSPS) is 29.1. The molecule has 5 heteroatoms. The van der Waals surface area contributed by atoms with Crippen LogP contribution in [0.3, 0.4) is 0 Å². The molecule has 0 bridgehead atoms. The van der Waals surface area contributed by atoms with Crippen LogP contribution >= 0.6 is 0 Å². The second-order valence-electron chi connectivity index (χ2n) is 1.98. The van der Waals surface area contributed by atoms with Gasteiger partial charge in [-0.3, -0.25) is 0 Å². The molecule has 0 aromatic heterocycles. The first kappa shape index (κ1) is 7.71. The SMILES string of the molecule is O=C(O)C1(F)NC=CC=C1F. The summed E-state index contributed by atoms with van der Waals surface area (Å²) in [5.41, 5.74) is 0. The molecule has 1 unspecified atom stereocenters. The predicted octanol–water partition coefficient (Wildman–Crippen LogP) is 0.707. The van der Waals surface area contributed by atoms with E-state index in [4.69, 9.17) is 5.11 Å². The molecule has 0 radical (unpaired) electrons. The van der Waals surface area contributed by atoms with E-state index in [1.54, 1.807) is 5.32 Å². The van der Waals surface area contributed by atoms with Crippen molar-refractivity contribution >= 4 is 5.97 Å². The molecule has 1 aliphatic heterocycles. The monoisotopic (exact) mass is 161 g/mol. The molecule has 0 saturated heterocycles. The first-order valence-electron chi connectivity index (χ1n) is 2.80. The second kappa shape index (κ2) is 2.34. The largest absolute Gasteiger partial charge is 0.477 e. The van der Waals surface area contributed by atoms with Crippen LogP contribution in [0.5, 0.6) is 0 Å². The fourth-order valence-corrected chi connectivity index (χ4v) is 0.643. The van der Waals surface area contributed by atoms with E-state index >= 15 is 0 Å². The van der Waals surface area contributed by atoms with Crippen LogP contribution in [-0.4, -0.2) is 16.9 Å². The summed E-state index contributed by atoms with van der Waals surface area (Å²) >= 11 is 0. The number of hydrogen-bond donors (Lipinski definition) is 2. The van der Waals surface area contributed by atoms with Crippen molar-refractivity contribution in [2.75, 3.05) is 0 Å². The van der Waals surface area contributed by atoms with Crippen LogP contribution in [0.15, 0.2) is 24.2 Å². The van der Waals surface area contributed by atoms with Gasteiger partial charge in [0.2, 0.25) is 0 Å². The van der Waals surface area contributed by atoms with E-state index in [2.05, 4.69) is 0 Å². The smallest absolute Gasteiger partial charge is 0.370 e. The zero-order valence-corrected chi connectivity index (χ0v) is 5.34. The number of aliphatic carboxylic acids is 1. The Morgan fingerprint density at radius 1 is 1.73 bits per heavy atom. The molecular weight excluding hydrogens is 156 g/mol. The van der Waals surface area contributed by atoms with Crippen molar-refractivity contribution in [2.45, 2.75) is 5.79 Å². The summed E-state index contributed by atoms with van der Waals surface area (Å²) in [6.45, 7) is 0. The average molecular weight is 161 g/mol. The molecule has 0 aliphatic carbocycles. The Hall–Kier alpha value is -1.39. The lowest BCUT2D eigenvalue weighted by atomic mass is 10.1. The van der Waals surface area contributed by atoms with Gasteiger partial charge in [0, 0.05) is 6.20 Å². The summed E-state index contributed by atoms with van der Waals surface area (Å²) in [7, 11) is 0. The lowest BCUT2D eigenvalue weighted by molar-refractivity contribution is -0.150. The third-order valence-corrected chi connectivity index (χ3v) is 1.24. The molecule has 11 heavy (non-hydrogen) atoms. The Morgan fingerprint density at radius 3 is 2.73 bits per heavy atom. The van der Waals surface area contributed by atoms with Gasteiger partial charge in [-0.2, -0.15) is 4.39 Å². The van der Waals surface area contributed by atoms with Gasteiger partial charge in [-0.15, -0.1) is 0 Å². The van der Waals surface area contributed by atoms with Crippen LogP contribution in [0, 0.1) is 0 Å². The number of allylic oxidation sites excluding steroid dienone is 2. The highest BCUT2D eigenvalue weighted by Gasteiger charge is 2.44. The Bertz CT molecular complexity index is 249. The number of carboxylic acids is 1. The minimum Gasteiger partial charge on any atom is -0.477 e. The van der Waals surface area contributed by atoms with Crippen molar-refractivity contribution in [3.8, 4) is 0 Å². The summed E-state index contributed by atoms with van der Waals surface area (Å²) in [5, 5.41) is 9.97. The van der Waals surface area contributed by atoms with Gasteiger partial charge in [-0.25, -0.2) is 9.18 Å². The molecule has 0 aromatic carbocycles. The summed E-state index contributed by atoms with van der Waals surface area (Å²) in [6, 6.07) is 0. The van der Waals surface area contributed by atoms with Crippen LogP contribution in [0.2, 0.25) is 0 Å². The maximum atomic E-state index is 12.9. The third-order valence-electron chi connectivity index (χ3n) is 1.24. The molecule has 1 aliphatic rings. The minimum atomic E-state index is -3.09. The zero-order valence-electron chi connectivity index (χ0n) is 5.34. The Kier molecular flexibility index (Phi) is 1.64. The maximum Gasteiger partial charge on any atom is 0.370 e. The molecule has 1 atom stereocenters. The van der Waals surface area contributed by atoms with Crippen LogP contribution < -0.4 is 5.32 Å². The Balaban J connectivity index is 2.97. The van der Waals surface area contributed by atoms with Gasteiger partial charge >= 0.3 is 11.8 Å². The van der Waals surface area contributed by atoms with E-state index in [0.717, 1.165) is 12.3 Å². The van der Waals surface area contributed by atoms with Gasteiger partial charge in [0.05, 0.1) is 0 Å². The highest BCUT2D eigenvalue weighted by Crippen LogP contribution is 2.23. The van der Waals surface area contributed by atoms with Crippen molar-refractivity contribution < 1.29 is 18.7 Å². The molecule has 1 heterocycles. The van der Waals surface area contributed by atoms with Crippen LogP contribution in [0.25, 0.3) is 0 Å². The fraction of sp³-hybridized carbons (Fsp3) is 0.167. The van der Waals surface area contributed by atoms with Crippen molar-refractivity contribution in [1.82, 2.24) is 5.32 Å². The van der Waals surface area contributed by atoms with E-state index in [9.17, 15) is 13.6 Å². The van der Waals surface area contributed by atoms with Gasteiger partial charge < -0.3 is 10.4 Å². The number of carboxylic acid groups (broad SMARTS) is 1. The van der Waals surface area contributed by atoms with E-state index < -0.39 is 17.6 Å². The average Bonchev–Trinajstić information content (AvgIpc) is 1.95. The molecular formula is C6H5F2NO2. The molecule has 2 N–H and O–H groups in total. The standard InChI is InChI=1S/C6H5F2NO2/c7-4-2-1-3-9-6(4,8)5(10)11/h1-3,9H,(H,10,11). The Labute approximate surface area is 61.0 Å². The van der Waals surface area contributed by atoms with Gasteiger partial charge in [0.1, 0.15) is 0 Å². The van der Waals surface area contributed by atoms with E-state index in [0.29, 0.717) is 0 Å². The quantitative estimate of drug-likeness (QED) is 0.557.